The molecule has 0 aromatic heterocycles. The van der Waals surface area contributed by atoms with Gasteiger partial charge in [-0.15, -0.1) is 0 Å². The number of hydrogen-bond acceptors (Lipinski definition) is 3. The molecule has 0 aliphatic heterocycles. The largest absolute Gasteiger partial charge is 0.376 e. The summed E-state index contributed by atoms with van der Waals surface area (Å²) in [6.07, 6.45) is 0. The van der Waals surface area contributed by atoms with Gasteiger partial charge in [0.1, 0.15) is 10.7 Å². The minimum Gasteiger partial charge on any atom is -0.376 e. The number of benzene rings is 2. The zero-order chi connectivity index (χ0) is 13.2. The third kappa shape index (κ3) is 2.65. The maximum absolute atomic E-state index is 13.3. The van der Waals surface area contributed by atoms with Gasteiger partial charge in [-0.3, -0.25) is 0 Å². The van der Waals surface area contributed by atoms with Gasteiger partial charge in [-0.1, -0.05) is 18.2 Å². The van der Waals surface area contributed by atoms with Crippen LogP contribution in [0.25, 0.3) is 0 Å². The van der Waals surface area contributed by atoms with E-state index in [9.17, 15) is 17.2 Å². The average molecular weight is 270 g/mol. The van der Waals surface area contributed by atoms with Gasteiger partial charge in [0.05, 0.1) is 0 Å². The minimum atomic E-state index is -4.24. The number of halogens is 2. The molecule has 0 radical (unpaired) electrons. The summed E-state index contributed by atoms with van der Waals surface area (Å²) in [7, 11) is -4.24. The standard InChI is InChI=1S/C12H8F2O3S/c13-9-4-3-5-10(8-9)18(15,16)17-12-7-2-1-6-11(12)14/h1-8H. The highest BCUT2D eigenvalue weighted by Gasteiger charge is 2.18. The first-order chi connectivity index (χ1) is 8.49. The van der Waals surface area contributed by atoms with Crippen LogP contribution in [0.2, 0.25) is 0 Å². The third-order valence-electron chi connectivity index (χ3n) is 2.12. The second kappa shape index (κ2) is 4.73. The van der Waals surface area contributed by atoms with E-state index in [-0.39, 0.29) is 4.90 Å². The first-order valence-corrected chi connectivity index (χ1v) is 6.34. The van der Waals surface area contributed by atoms with Crippen LogP contribution >= 0.6 is 0 Å². The SMILES string of the molecule is O=S(=O)(Oc1ccccc1F)c1cccc(F)c1. The summed E-state index contributed by atoms with van der Waals surface area (Å²) < 4.78 is 54.3. The predicted octanol–water partition coefficient (Wildman–Crippen LogP) is 2.73. The summed E-state index contributed by atoms with van der Waals surface area (Å²) in [4.78, 5) is -0.370. The van der Waals surface area contributed by atoms with Gasteiger partial charge in [0.15, 0.2) is 11.6 Å². The van der Waals surface area contributed by atoms with E-state index < -0.39 is 27.5 Å². The van der Waals surface area contributed by atoms with E-state index in [0.717, 1.165) is 18.2 Å². The van der Waals surface area contributed by atoms with Gasteiger partial charge in [0, 0.05) is 0 Å². The van der Waals surface area contributed by atoms with Gasteiger partial charge < -0.3 is 4.18 Å². The molecule has 0 heterocycles. The first kappa shape index (κ1) is 12.5. The van der Waals surface area contributed by atoms with Crippen molar-refractivity contribution < 1.29 is 21.4 Å². The van der Waals surface area contributed by atoms with Crippen LogP contribution < -0.4 is 4.18 Å². The van der Waals surface area contributed by atoms with E-state index in [1.807, 2.05) is 0 Å². The Morgan fingerprint density at radius 2 is 1.67 bits per heavy atom. The Hall–Kier alpha value is -1.95. The van der Waals surface area contributed by atoms with Crippen molar-refractivity contribution in [2.45, 2.75) is 4.90 Å². The fourth-order valence-electron chi connectivity index (χ4n) is 1.30. The molecule has 3 nitrogen and oxygen atoms in total. The van der Waals surface area contributed by atoms with E-state index in [1.54, 1.807) is 0 Å². The van der Waals surface area contributed by atoms with Crippen molar-refractivity contribution in [1.82, 2.24) is 0 Å². The van der Waals surface area contributed by atoms with Crippen molar-refractivity contribution in [1.29, 1.82) is 0 Å². The molecule has 6 heteroatoms. The fraction of sp³-hybridized carbons (Fsp3) is 0. The lowest BCUT2D eigenvalue weighted by molar-refractivity contribution is 0.460. The topological polar surface area (TPSA) is 43.4 Å². The minimum absolute atomic E-state index is 0.370. The van der Waals surface area contributed by atoms with Crippen LogP contribution in [0.5, 0.6) is 5.75 Å². The zero-order valence-corrected chi connectivity index (χ0v) is 9.82. The van der Waals surface area contributed by atoms with Crippen LogP contribution in [0, 0.1) is 11.6 Å². The molecule has 2 rings (SSSR count). The molecule has 0 saturated carbocycles. The Kier molecular flexibility index (Phi) is 3.29. The van der Waals surface area contributed by atoms with Crippen molar-refractivity contribution in [2.75, 3.05) is 0 Å². The van der Waals surface area contributed by atoms with Gasteiger partial charge in [-0.2, -0.15) is 8.42 Å². The summed E-state index contributed by atoms with van der Waals surface area (Å²) in [5.74, 6) is -1.95. The molecule has 0 aliphatic carbocycles. The highest BCUT2D eigenvalue weighted by molar-refractivity contribution is 7.87. The molecule has 0 N–H and O–H groups in total. The lowest BCUT2D eigenvalue weighted by atomic mass is 10.3. The number of para-hydroxylation sites is 1. The summed E-state index contributed by atoms with van der Waals surface area (Å²) in [5.41, 5.74) is 0. The van der Waals surface area contributed by atoms with Gasteiger partial charge in [-0.25, -0.2) is 8.78 Å². The van der Waals surface area contributed by atoms with Crippen LogP contribution in [-0.2, 0) is 10.1 Å². The fourth-order valence-corrected chi connectivity index (χ4v) is 2.27. The summed E-state index contributed by atoms with van der Waals surface area (Å²) >= 11 is 0. The Bertz CT molecular complexity index is 669. The molecule has 0 amide bonds. The lowest BCUT2D eigenvalue weighted by Crippen LogP contribution is -2.10. The molecule has 0 bridgehead atoms. The van der Waals surface area contributed by atoms with Crippen LogP contribution in [-0.4, -0.2) is 8.42 Å². The number of rotatable bonds is 3. The van der Waals surface area contributed by atoms with Gasteiger partial charge in [-0.05, 0) is 30.3 Å². The van der Waals surface area contributed by atoms with Gasteiger partial charge in [0.2, 0.25) is 0 Å². The maximum Gasteiger partial charge on any atom is 0.339 e. The van der Waals surface area contributed by atoms with Crippen molar-refractivity contribution in [3.8, 4) is 5.75 Å². The summed E-state index contributed by atoms with van der Waals surface area (Å²) in [5, 5.41) is 0. The van der Waals surface area contributed by atoms with E-state index >= 15 is 0 Å². The molecule has 94 valence electrons. The monoisotopic (exact) mass is 270 g/mol. The Labute approximate surface area is 103 Å². The van der Waals surface area contributed by atoms with Crippen molar-refractivity contribution in [2.24, 2.45) is 0 Å². The zero-order valence-electron chi connectivity index (χ0n) is 9.01. The highest BCUT2D eigenvalue weighted by atomic mass is 32.2. The average Bonchev–Trinajstić information content (AvgIpc) is 2.32. The van der Waals surface area contributed by atoms with Crippen LogP contribution in [0.4, 0.5) is 8.78 Å². The molecule has 2 aromatic carbocycles. The molecular weight excluding hydrogens is 262 g/mol. The normalized spacial score (nSPS) is 11.2. The Morgan fingerprint density at radius 1 is 0.944 bits per heavy atom. The molecule has 0 saturated heterocycles. The Morgan fingerprint density at radius 3 is 2.33 bits per heavy atom. The van der Waals surface area contributed by atoms with E-state index in [0.29, 0.717) is 0 Å². The first-order valence-electron chi connectivity index (χ1n) is 4.93. The lowest BCUT2D eigenvalue weighted by Gasteiger charge is -2.07. The van der Waals surface area contributed by atoms with E-state index in [1.165, 1.54) is 30.3 Å². The quantitative estimate of drug-likeness (QED) is 0.805. The predicted molar refractivity (Wildman–Crippen MR) is 60.6 cm³/mol. The second-order valence-corrected chi connectivity index (χ2v) is 4.97. The molecule has 0 atom stereocenters. The molecule has 18 heavy (non-hydrogen) atoms. The van der Waals surface area contributed by atoms with E-state index in [4.69, 9.17) is 0 Å². The highest BCUT2D eigenvalue weighted by Crippen LogP contribution is 2.21. The molecule has 0 unspecified atom stereocenters. The molecule has 0 spiro atoms. The number of hydrogen-bond donors (Lipinski definition) is 0. The molecule has 0 fully saturated rings. The third-order valence-corrected chi connectivity index (χ3v) is 3.35. The second-order valence-electron chi connectivity index (χ2n) is 3.43. The molecular formula is C12H8F2O3S. The van der Waals surface area contributed by atoms with Gasteiger partial charge >= 0.3 is 10.1 Å². The smallest absolute Gasteiger partial charge is 0.339 e. The summed E-state index contributed by atoms with van der Waals surface area (Å²) in [6.45, 7) is 0. The van der Waals surface area contributed by atoms with Crippen LogP contribution in [0.1, 0.15) is 0 Å². The maximum atomic E-state index is 13.3. The van der Waals surface area contributed by atoms with Crippen molar-refractivity contribution in [3.63, 3.8) is 0 Å². The van der Waals surface area contributed by atoms with Crippen molar-refractivity contribution in [3.05, 3.63) is 60.2 Å². The van der Waals surface area contributed by atoms with Gasteiger partial charge in [0.25, 0.3) is 0 Å². The molecule has 2 aromatic rings. The Balaban J connectivity index is 2.37. The van der Waals surface area contributed by atoms with Crippen LogP contribution in [0.3, 0.4) is 0 Å². The van der Waals surface area contributed by atoms with Crippen LogP contribution in [0.15, 0.2) is 53.4 Å². The molecule has 0 aliphatic rings. The van der Waals surface area contributed by atoms with E-state index in [2.05, 4.69) is 4.18 Å². The van der Waals surface area contributed by atoms with Crippen molar-refractivity contribution >= 4 is 10.1 Å². The summed E-state index contributed by atoms with van der Waals surface area (Å²) in [6, 6.07) is 9.36.